The molecule has 4 rings (SSSR count). The minimum absolute atomic E-state index is 0.207. The maximum Gasteiger partial charge on any atom is 0.354 e. The quantitative estimate of drug-likeness (QED) is 0.249. The fourth-order valence-corrected chi connectivity index (χ4v) is 18.8. The van der Waals surface area contributed by atoms with Crippen LogP contribution in [0.3, 0.4) is 0 Å². The summed E-state index contributed by atoms with van der Waals surface area (Å²) >= 11 is 16.0. The second-order valence-corrected chi connectivity index (χ2v) is 19.9. The van der Waals surface area contributed by atoms with Gasteiger partial charge in [0.05, 0.1) is 38.6 Å². The summed E-state index contributed by atoms with van der Waals surface area (Å²) in [5.41, 5.74) is 0. The Labute approximate surface area is 227 Å². The van der Waals surface area contributed by atoms with Crippen molar-refractivity contribution in [2.24, 2.45) is 0 Å². The first-order valence-electron chi connectivity index (χ1n) is 9.51. The van der Waals surface area contributed by atoms with Gasteiger partial charge in [-0.05, 0) is 50.6 Å². The Morgan fingerprint density at radius 2 is 1.34 bits per heavy atom. The smallest absolute Gasteiger partial charge is 0.307 e. The number of rotatable bonds is 9. The molecule has 0 saturated heterocycles. The van der Waals surface area contributed by atoms with Crippen molar-refractivity contribution in [3.05, 3.63) is 47.3 Å². The van der Waals surface area contributed by atoms with Gasteiger partial charge < -0.3 is 9.05 Å². The van der Waals surface area contributed by atoms with Gasteiger partial charge >= 0.3 is 7.60 Å². The minimum Gasteiger partial charge on any atom is -0.307 e. The normalized spacial score (nSPS) is 19.5. The summed E-state index contributed by atoms with van der Waals surface area (Å²) in [5.74, 6) is 0. The molecule has 0 aromatic carbocycles. The molecule has 0 spiro atoms. The molecular formula is C19H21O3PS9. The zero-order valence-electron chi connectivity index (χ0n) is 17.6. The summed E-state index contributed by atoms with van der Waals surface area (Å²) in [7, 11) is -3.11. The van der Waals surface area contributed by atoms with Crippen molar-refractivity contribution in [2.45, 2.75) is 18.2 Å². The van der Waals surface area contributed by atoms with E-state index in [4.69, 9.17) is 9.05 Å². The van der Waals surface area contributed by atoms with E-state index in [-0.39, 0.29) is 4.32 Å². The number of thioether (sulfide) groups is 8. The summed E-state index contributed by atoms with van der Waals surface area (Å²) in [4.78, 5) is 2.53. The monoisotopic (exact) mass is 616 g/mol. The summed E-state index contributed by atoms with van der Waals surface area (Å²) in [6, 6.07) is 4.39. The molecule has 0 N–H and O–H groups in total. The first-order chi connectivity index (χ1) is 15.5. The number of thiophene rings is 1. The molecule has 32 heavy (non-hydrogen) atoms. The predicted molar refractivity (Wildman–Crippen MR) is 162 cm³/mol. The van der Waals surface area contributed by atoms with Crippen molar-refractivity contribution < 1.29 is 13.6 Å². The molecule has 174 valence electrons. The van der Waals surface area contributed by atoms with Gasteiger partial charge in [-0.25, -0.2) is 0 Å². The van der Waals surface area contributed by atoms with E-state index in [0.717, 1.165) is 0 Å². The standard InChI is InChI=1S/C19H21O3PS9/c1-5-21-23(20,22-6-2)19-31-17-18(32-19)30-14(29-17)10-12-8-7-11(26-12)9-13-27-15(24-3)16(25-4)28-13/h7-10,19H,5-6H2,1-4H3. The second-order valence-electron chi connectivity index (χ2n) is 6.05. The van der Waals surface area contributed by atoms with Gasteiger partial charge in [-0.1, -0.05) is 70.6 Å². The Bertz CT molecular complexity index is 995. The summed E-state index contributed by atoms with van der Waals surface area (Å²) < 4.78 is 31.8. The van der Waals surface area contributed by atoms with Gasteiger partial charge in [0.1, 0.15) is 0 Å². The van der Waals surface area contributed by atoms with Gasteiger partial charge in [-0.2, -0.15) is 0 Å². The van der Waals surface area contributed by atoms with Gasteiger partial charge in [-0.3, -0.25) is 4.57 Å². The van der Waals surface area contributed by atoms with Crippen LogP contribution in [0.4, 0.5) is 0 Å². The topological polar surface area (TPSA) is 35.5 Å². The Balaban J connectivity index is 1.37. The third-order valence-corrected chi connectivity index (χ3v) is 19.3. The highest BCUT2D eigenvalue weighted by molar-refractivity contribution is 8.48. The Morgan fingerprint density at radius 3 is 1.78 bits per heavy atom. The maximum atomic E-state index is 13.1. The van der Waals surface area contributed by atoms with Crippen LogP contribution >= 0.6 is 113 Å². The third-order valence-electron chi connectivity index (χ3n) is 3.94. The molecule has 1 aromatic heterocycles. The van der Waals surface area contributed by atoms with E-state index in [0.29, 0.717) is 13.2 Å². The van der Waals surface area contributed by atoms with E-state index in [9.17, 15) is 4.57 Å². The first-order valence-corrected chi connectivity index (χ1v) is 19.4. The number of hydrogen-bond acceptors (Lipinski definition) is 12. The van der Waals surface area contributed by atoms with Crippen molar-refractivity contribution in [3.63, 3.8) is 0 Å². The van der Waals surface area contributed by atoms with Crippen LogP contribution in [0.1, 0.15) is 23.6 Å². The Kier molecular flexibility index (Phi) is 10.2. The van der Waals surface area contributed by atoms with Crippen LogP contribution in [0.15, 0.2) is 37.6 Å². The average Bonchev–Trinajstić information content (AvgIpc) is 3.52. The lowest BCUT2D eigenvalue weighted by Crippen LogP contribution is -2.04. The van der Waals surface area contributed by atoms with E-state index in [1.165, 1.54) is 35.2 Å². The fraction of sp³-hybridized carbons (Fsp3) is 0.368. The van der Waals surface area contributed by atoms with Crippen molar-refractivity contribution in [1.29, 1.82) is 0 Å². The van der Waals surface area contributed by atoms with Gasteiger partial charge in [0.15, 0.2) is 4.32 Å². The average molecular weight is 617 g/mol. The molecule has 3 aliphatic heterocycles. The summed E-state index contributed by atoms with van der Waals surface area (Å²) in [6.07, 6.45) is 8.84. The van der Waals surface area contributed by atoms with E-state index in [2.05, 4.69) is 36.8 Å². The highest BCUT2D eigenvalue weighted by Gasteiger charge is 2.45. The van der Waals surface area contributed by atoms with E-state index in [1.54, 1.807) is 47.0 Å². The molecule has 3 aliphatic rings. The molecule has 0 bridgehead atoms. The summed E-state index contributed by atoms with van der Waals surface area (Å²) in [5, 5.41) is 0. The molecule has 1 aromatic rings. The van der Waals surface area contributed by atoms with Gasteiger partial charge in [0.25, 0.3) is 0 Å². The fourth-order valence-electron chi connectivity index (χ4n) is 2.70. The van der Waals surface area contributed by atoms with Crippen LogP contribution in [0.25, 0.3) is 12.2 Å². The van der Waals surface area contributed by atoms with Crippen LogP contribution in [0.5, 0.6) is 0 Å². The van der Waals surface area contributed by atoms with Crippen molar-refractivity contribution in [1.82, 2.24) is 0 Å². The van der Waals surface area contributed by atoms with Crippen LogP contribution in [-0.4, -0.2) is 30.0 Å². The lowest BCUT2D eigenvalue weighted by molar-refractivity contribution is 0.223. The lowest BCUT2D eigenvalue weighted by atomic mass is 10.4. The predicted octanol–water partition coefficient (Wildman–Crippen LogP) is 10.3. The molecule has 0 saturated carbocycles. The summed E-state index contributed by atoms with van der Waals surface area (Å²) in [6.45, 7) is 4.51. The Morgan fingerprint density at radius 1 is 0.875 bits per heavy atom. The molecule has 0 fully saturated rings. The third kappa shape index (κ3) is 6.29. The SMILES string of the molecule is CCOP(=O)(OCC)C1SC2=C(SC(=Cc3ccc(C=C4SC(SC)=C(SC)S4)s3)S2)S1. The van der Waals surface area contributed by atoms with Crippen LogP contribution in [-0.2, 0) is 13.6 Å². The molecule has 13 heteroatoms. The van der Waals surface area contributed by atoms with Gasteiger partial charge in [0, 0.05) is 9.75 Å². The molecule has 0 aliphatic carbocycles. The van der Waals surface area contributed by atoms with Crippen LogP contribution < -0.4 is 0 Å². The lowest BCUT2D eigenvalue weighted by Gasteiger charge is -2.22. The molecular weight excluding hydrogens is 596 g/mol. The van der Waals surface area contributed by atoms with Gasteiger partial charge in [-0.15, -0.1) is 34.9 Å². The molecule has 3 nitrogen and oxygen atoms in total. The Hall–Kier alpha value is 1.61. The first kappa shape index (κ1) is 26.7. The van der Waals surface area contributed by atoms with Crippen LogP contribution in [0.2, 0.25) is 0 Å². The highest BCUT2D eigenvalue weighted by atomic mass is 32.3. The molecule has 0 atom stereocenters. The van der Waals surface area contributed by atoms with Crippen molar-refractivity contribution in [3.8, 4) is 0 Å². The van der Waals surface area contributed by atoms with E-state index in [1.807, 2.05) is 72.2 Å². The molecule has 0 radical (unpaired) electrons. The van der Waals surface area contributed by atoms with Crippen molar-refractivity contribution >= 4 is 125 Å². The molecule has 0 amide bonds. The molecule has 0 unspecified atom stereocenters. The number of hydrogen-bond donors (Lipinski definition) is 0. The maximum absolute atomic E-state index is 13.1. The van der Waals surface area contributed by atoms with Crippen molar-refractivity contribution in [2.75, 3.05) is 25.7 Å². The largest absolute Gasteiger partial charge is 0.354 e. The van der Waals surface area contributed by atoms with Gasteiger partial charge in [0.2, 0.25) is 0 Å². The zero-order chi connectivity index (χ0) is 22.7. The van der Waals surface area contributed by atoms with E-state index < -0.39 is 7.60 Å². The minimum atomic E-state index is -3.11. The highest BCUT2D eigenvalue weighted by Crippen LogP contribution is 2.74. The molecule has 4 heterocycles. The van der Waals surface area contributed by atoms with Crippen LogP contribution in [0, 0.1) is 0 Å². The second kappa shape index (κ2) is 12.2. The van der Waals surface area contributed by atoms with E-state index >= 15 is 0 Å². The zero-order valence-corrected chi connectivity index (χ0v) is 25.9.